The smallest absolute Gasteiger partial charge is 0.335 e. The minimum absolute atomic E-state index is 0.170. The van der Waals surface area contributed by atoms with Crippen molar-refractivity contribution in [3.63, 3.8) is 0 Å². The number of carboxylic acid groups (broad SMARTS) is 1. The molecule has 1 heterocycles. The summed E-state index contributed by atoms with van der Waals surface area (Å²) in [5.41, 5.74) is 1.80. The minimum atomic E-state index is -0.957. The lowest BCUT2D eigenvalue weighted by Gasteiger charge is -2.05. The molecule has 0 fully saturated rings. The van der Waals surface area contributed by atoms with Crippen LogP contribution in [0.25, 0.3) is 0 Å². The van der Waals surface area contributed by atoms with Gasteiger partial charge in [-0.15, -0.1) is 11.3 Å². The number of thiazole rings is 1. The molecular weight excluding hydrogens is 316 g/mol. The number of carbonyl (C=O) groups is 2. The van der Waals surface area contributed by atoms with E-state index in [0.717, 1.165) is 10.6 Å². The van der Waals surface area contributed by atoms with Gasteiger partial charge in [-0.25, -0.2) is 9.78 Å². The van der Waals surface area contributed by atoms with Crippen molar-refractivity contribution in [2.24, 2.45) is 0 Å². The molecule has 2 aromatic rings. The van der Waals surface area contributed by atoms with Gasteiger partial charge in [-0.3, -0.25) is 4.79 Å². The van der Waals surface area contributed by atoms with Gasteiger partial charge in [0.1, 0.15) is 9.88 Å². The van der Waals surface area contributed by atoms with Crippen molar-refractivity contribution in [2.45, 2.75) is 20.0 Å². The highest BCUT2D eigenvalue weighted by atomic mass is 32.1. The average molecular weight is 334 g/mol. The van der Waals surface area contributed by atoms with Crippen LogP contribution in [0.3, 0.4) is 0 Å². The molecule has 0 aliphatic heterocycles. The lowest BCUT2D eigenvalue weighted by atomic mass is 10.1. The maximum Gasteiger partial charge on any atom is 0.335 e. The number of carboxylic acids is 1. The van der Waals surface area contributed by atoms with Crippen molar-refractivity contribution in [1.82, 2.24) is 10.3 Å². The zero-order valence-corrected chi connectivity index (χ0v) is 13.8. The first-order valence-electron chi connectivity index (χ1n) is 7.07. The number of aryl methyl sites for hydroxylation is 1. The van der Waals surface area contributed by atoms with Crippen molar-refractivity contribution in [3.8, 4) is 0 Å². The SMILES string of the molecule is COCc1nc(C)c(C(=O)NCCc2cccc(C(=O)O)c2)s1. The Morgan fingerprint density at radius 3 is 2.87 bits per heavy atom. The molecule has 0 saturated heterocycles. The second-order valence-electron chi connectivity index (χ2n) is 4.97. The molecule has 0 aliphatic rings. The molecule has 23 heavy (non-hydrogen) atoms. The first-order valence-corrected chi connectivity index (χ1v) is 7.88. The Morgan fingerprint density at radius 2 is 2.17 bits per heavy atom. The number of methoxy groups -OCH3 is 1. The summed E-state index contributed by atoms with van der Waals surface area (Å²) >= 11 is 1.32. The number of nitrogens with zero attached hydrogens (tertiary/aromatic N) is 1. The largest absolute Gasteiger partial charge is 0.478 e. The fraction of sp³-hybridized carbons (Fsp3) is 0.312. The molecule has 0 atom stereocenters. The third-order valence-electron chi connectivity index (χ3n) is 3.19. The minimum Gasteiger partial charge on any atom is -0.478 e. The van der Waals surface area contributed by atoms with Crippen LogP contribution in [0.4, 0.5) is 0 Å². The predicted molar refractivity (Wildman–Crippen MR) is 87.0 cm³/mol. The van der Waals surface area contributed by atoms with Gasteiger partial charge in [0.2, 0.25) is 0 Å². The fourth-order valence-corrected chi connectivity index (χ4v) is 3.06. The second-order valence-corrected chi connectivity index (χ2v) is 6.05. The summed E-state index contributed by atoms with van der Waals surface area (Å²) in [6.07, 6.45) is 0.565. The molecule has 0 unspecified atom stereocenters. The van der Waals surface area contributed by atoms with Crippen LogP contribution in [0, 0.1) is 6.92 Å². The van der Waals surface area contributed by atoms with Gasteiger partial charge in [0.05, 0.1) is 17.9 Å². The van der Waals surface area contributed by atoms with Crippen molar-refractivity contribution < 1.29 is 19.4 Å². The number of nitrogens with one attached hydrogen (secondary N) is 1. The fourth-order valence-electron chi connectivity index (χ4n) is 2.11. The predicted octanol–water partition coefficient (Wildman–Crippen LogP) is 2.27. The maximum absolute atomic E-state index is 12.2. The van der Waals surface area contributed by atoms with Crippen LogP contribution in [-0.2, 0) is 17.8 Å². The maximum atomic E-state index is 12.2. The molecule has 7 heteroatoms. The van der Waals surface area contributed by atoms with Crippen LogP contribution in [0.15, 0.2) is 24.3 Å². The summed E-state index contributed by atoms with van der Waals surface area (Å²) < 4.78 is 5.01. The number of hydrogen-bond acceptors (Lipinski definition) is 5. The Kier molecular flexibility index (Phi) is 5.84. The van der Waals surface area contributed by atoms with E-state index in [4.69, 9.17) is 9.84 Å². The summed E-state index contributed by atoms with van der Waals surface area (Å²) in [7, 11) is 1.59. The number of hydrogen-bond donors (Lipinski definition) is 2. The Hall–Kier alpha value is -2.25. The van der Waals surface area contributed by atoms with Gasteiger partial charge in [0, 0.05) is 13.7 Å². The van der Waals surface area contributed by atoms with Crippen molar-refractivity contribution in [2.75, 3.05) is 13.7 Å². The lowest BCUT2D eigenvalue weighted by molar-refractivity contribution is 0.0696. The van der Waals surface area contributed by atoms with Gasteiger partial charge in [0.25, 0.3) is 5.91 Å². The van der Waals surface area contributed by atoms with Gasteiger partial charge in [-0.2, -0.15) is 0 Å². The molecule has 0 spiro atoms. The van der Waals surface area contributed by atoms with Gasteiger partial charge in [-0.1, -0.05) is 12.1 Å². The van der Waals surface area contributed by atoms with E-state index < -0.39 is 5.97 Å². The molecule has 1 amide bonds. The Bertz CT molecular complexity index is 712. The zero-order valence-electron chi connectivity index (χ0n) is 13.0. The Morgan fingerprint density at radius 1 is 1.39 bits per heavy atom. The molecule has 1 aromatic carbocycles. The average Bonchev–Trinajstić information content (AvgIpc) is 2.88. The van der Waals surface area contributed by atoms with Crippen LogP contribution in [0.5, 0.6) is 0 Å². The van der Waals surface area contributed by atoms with E-state index in [9.17, 15) is 9.59 Å². The Labute approximate surface area is 138 Å². The first kappa shape index (κ1) is 17.1. The summed E-state index contributed by atoms with van der Waals surface area (Å²) in [5, 5.41) is 12.6. The first-order chi connectivity index (χ1) is 11.0. The summed E-state index contributed by atoms with van der Waals surface area (Å²) in [5.74, 6) is -1.13. The summed E-state index contributed by atoms with van der Waals surface area (Å²) in [4.78, 5) is 28.0. The number of benzene rings is 1. The number of rotatable bonds is 7. The highest BCUT2D eigenvalue weighted by molar-refractivity contribution is 7.13. The number of aromatic carboxylic acids is 1. The lowest BCUT2D eigenvalue weighted by Crippen LogP contribution is -2.25. The third kappa shape index (κ3) is 4.61. The third-order valence-corrected chi connectivity index (χ3v) is 4.32. The number of amides is 1. The standard InChI is InChI=1S/C16H18N2O4S/c1-10-14(23-13(18-10)9-22-2)15(19)17-7-6-11-4-3-5-12(8-11)16(20)21/h3-5,8H,6-7,9H2,1-2H3,(H,17,19)(H,20,21). The van der Waals surface area contributed by atoms with E-state index in [1.54, 1.807) is 32.2 Å². The molecule has 0 bridgehead atoms. The van der Waals surface area contributed by atoms with Gasteiger partial charge in [0.15, 0.2) is 0 Å². The molecule has 122 valence electrons. The summed E-state index contributed by atoms with van der Waals surface area (Å²) in [6.45, 7) is 2.61. The van der Waals surface area contributed by atoms with Crippen molar-refractivity contribution in [1.29, 1.82) is 0 Å². The van der Waals surface area contributed by atoms with E-state index in [-0.39, 0.29) is 11.5 Å². The molecule has 2 N–H and O–H groups in total. The molecular formula is C16H18N2O4S. The van der Waals surface area contributed by atoms with Crippen LogP contribution < -0.4 is 5.32 Å². The number of carbonyl (C=O) groups excluding carboxylic acids is 1. The van der Waals surface area contributed by atoms with Gasteiger partial charge >= 0.3 is 5.97 Å². The second kappa shape index (κ2) is 7.85. The highest BCUT2D eigenvalue weighted by Crippen LogP contribution is 2.18. The molecule has 0 aliphatic carbocycles. The monoisotopic (exact) mass is 334 g/mol. The van der Waals surface area contributed by atoms with Crippen LogP contribution in [0.2, 0.25) is 0 Å². The van der Waals surface area contributed by atoms with Crippen LogP contribution in [-0.4, -0.2) is 35.6 Å². The molecule has 0 saturated carbocycles. The number of ether oxygens (including phenoxy) is 1. The number of aromatic nitrogens is 1. The van der Waals surface area contributed by atoms with E-state index in [1.165, 1.54) is 11.3 Å². The topological polar surface area (TPSA) is 88.5 Å². The Balaban J connectivity index is 1.92. The quantitative estimate of drug-likeness (QED) is 0.811. The van der Waals surface area contributed by atoms with Crippen LogP contribution in [0.1, 0.15) is 36.3 Å². The van der Waals surface area contributed by atoms with Gasteiger partial charge in [-0.05, 0) is 31.0 Å². The van der Waals surface area contributed by atoms with E-state index in [2.05, 4.69) is 10.3 Å². The van der Waals surface area contributed by atoms with E-state index in [0.29, 0.717) is 30.1 Å². The molecule has 1 aromatic heterocycles. The van der Waals surface area contributed by atoms with Crippen molar-refractivity contribution in [3.05, 3.63) is 51.0 Å². The normalized spacial score (nSPS) is 10.5. The van der Waals surface area contributed by atoms with E-state index >= 15 is 0 Å². The zero-order chi connectivity index (χ0) is 16.8. The van der Waals surface area contributed by atoms with Crippen molar-refractivity contribution >= 4 is 23.2 Å². The molecule has 2 rings (SSSR count). The summed E-state index contributed by atoms with van der Waals surface area (Å²) in [6, 6.07) is 6.70. The molecule has 0 radical (unpaired) electrons. The highest BCUT2D eigenvalue weighted by Gasteiger charge is 2.14. The van der Waals surface area contributed by atoms with Gasteiger partial charge < -0.3 is 15.2 Å². The van der Waals surface area contributed by atoms with Crippen LogP contribution >= 0.6 is 11.3 Å². The van der Waals surface area contributed by atoms with E-state index in [1.807, 2.05) is 6.07 Å². The molecule has 6 nitrogen and oxygen atoms in total.